The van der Waals surface area contributed by atoms with Crippen LogP contribution in [0.5, 0.6) is 5.75 Å². The number of urea groups is 1. The number of fused-ring (bicyclic) bond motifs is 2. The lowest BCUT2D eigenvalue weighted by molar-refractivity contribution is 0.0957. The molecule has 2 fully saturated rings. The number of halogens is 1. The van der Waals surface area contributed by atoms with E-state index in [1.165, 1.54) is 20.0 Å². The van der Waals surface area contributed by atoms with Crippen LogP contribution < -0.4 is 21.1 Å². The van der Waals surface area contributed by atoms with Gasteiger partial charge in [-0.2, -0.15) is 0 Å². The monoisotopic (exact) mass is 368 g/mol. The Morgan fingerprint density at radius 2 is 1.88 bits per heavy atom. The summed E-state index contributed by atoms with van der Waals surface area (Å²) < 4.78 is 5.15. The summed E-state index contributed by atoms with van der Waals surface area (Å²) in [5.74, 6) is -0.155. The largest absolute Gasteiger partial charge is 0.496 e. The van der Waals surface area contributed by atoms with Gasteiger partial charge in [-0.3, -0.25) is 10.1 Å². The predicted octanol–water partition coefficient (Wildman–Crippen LogP) is 1.76. The van der Waals surface area contributed by atoms with E-state index in [0.29, 0.717) is 23.5 Å². The van der Waals surface area contributed by atoms with Crippen molar-refractivity contribution in [1.82, 2.24) is 15.5 Å². The average Bonchev–Trinajstić information content (AvgIpc) is 2.75. The molecule has 1 aromatic carbocycles. The van der Waals surface area contributed by atoms with Crippen LogP contribution in [0.3, 0.4) is 0 Å². The zero-order chi connectivity index (χ0) is 17.3. The number of benzene rings is 1. The number of methoxy groups -OCH3 is 1. The van der Waals surface area contributed by atoms with Crippen molar-refractivity contribution < 1.29 is 14.3 Å². The molecule has 0 spiro atoms. The van der Waals surface area contributed by atoms with E-state index < -0.39 is 11.9 Å². The van der Waals surface area contributed by atoms with Crippen LogP contribution in [-0.2, 0) is 0 Å². The lowest BCUT2D eigenvalue weighted by Gasteiger charge is -2.36. The second kappa shape index (κ2) is 7.93. The summed E-state index contributed by atoms with van der Waals surface area (Å²) in [5, 5.41) is 5.30. The molecule has 4 N–H and O–H groups in total. The smallest absolute Gasteiger partial charge is 0.321 e. The molecule has 3 rings (SSSR count). The molecule has 138 valence electrons. The molecule has 2 aliphatic heterocycles. The number of hydrogen-bond donors (Lipinski definition) is 3. The normalized spacial score (nSPS) is 25.0. The summed E-state index contributed by atoms with van der Waals surface area (Å²) in [6.45, 7) is 0. The van der Waals surface area contributed by atoms with Crippen LogP contribution in [0.15, 0.2) is 18.2 Å². The molecule has 2 atom stereocenters. The lowest BCUT2D eigenvalue weighted by Crippen LogP contribution is -2.51. The Balaban J connectivity index is 0.00000225. The van der Waals surface area contributed by atoms with E-state index in [1.54, 1.807) is 18.2 Å². The first-order valence-electron chi connectivity index (χ1n) is 8.25. The quantitative estimate of drug-likeness (QED) is 0.706. The Labute approximate surface area is 153 Å². The molecule has 2 bridgehead atoms. The Morgan fingerprint density at radius 1 is 1.24 bits per heavy atom. The van der Waals surface area contributed by atoms with Gasteiger partial charge in [-0.1, -0.05) is 0 Å². The molecule has 2 aliphatic rings. The minimum Gasteiger partial charge on any atom is -0.496 e. The Bertz CT molecular complexity index is 641. The van der Waals surface area contributed by atoms with Gasteiger partial charge in [0.25, 0.3) is 5.91 Å². The fraction of sp³-hybridized carbons (Fsp3) is 0.529. The predicted molar refractivity (Wildman–Crippen MR) is 98.2 cm³/mol. The third-order valence-corrected chi connectivity index (χ3v) is 5.13. The van der Waals surface area contributed by atoms with E-state index in [2.05, 4.69) is 22.6 Å². The molecule has 0 aliphatic carbocycles. The zero-order valence-corrected chi connectivity index (χ0v) is 15.3. The molecule has 0 aromatic heterocycles. The van der Waals surface area contributed by atoms with Gasteiger partial charge in [-0.25, -0.2) is 4.79 Å². The maximum atomic E-state index is 12.3. The fourth-order valence-electron chi connectivity index (χ4n) is 3.82. The van der Waals surface area contributed by atoms with Crippen molar-refractivity contribution in [2.75, 3.05) is 19.9 Å². The van der Waals surface area contributed by atoms with E-state index >= 15 is 0 Å². The number of carbonyl (C=O) groups excluding carboxylic acids is 2. The molecule has 0 saturated carbocycles. The van der Waals surface area contributed by atoms with Crippen molar-refractivity contribution in [3.63, 3.8) is 0 Å². The average molecular weight is 369 g/mol. The van der Waals surface area contributed by atoms with Gasteiger partial charge in [0.2, 0.25) is 0 Å². The second-order valence-electron chi connectivity index (χ2n) is 6.61. The van der Waals surface area contributed by atoms with Gasteiger partial charge in [0.05, 0.1) is 12.7 Å². The van der Waals surface area contributed by atoms with E-state index in [-0.39, 0.29) is 24.0 Å². The summed E-state index contributed by atoms with van der Waals surface area (Å²) in [7, 11) is 3.61. The molecule has 1 aromatic rings. The minimum absolute atomic E-state index is 0. The first-order chi connectivity index (χ1) is 11.5. The van der Waals surface area contributed by atoms with Crippen molar-refractivity contribution in [2.45, 2.75) is 43.8 Å². The molecular weight excluding hydrogens is 344 g/mol. The van der Waals surface area contributed by atoms with E-state index in [1.807, 2.05) is 0 Å². The van der Waals surface area contributed by atoms with Gasteiger partial charge in [0.1, 0.15) is 5.75 Å². The summed E-state index contributed by atoms with van der Waals surface area (Å²) in [6, 6.07) is 5.41. The van der Waals surface area contributed by atoms with Crippen molar-refractivity contribution in [2.24, 2.45) is 0 Å². The molecule has 0 radical (unpaired) electrons. The summed E-state index contributed by atoms with van der Waals surface area (Å²) >= 11 is 0. The number of amides is 3. The third kappa shape index (κ3) is 4.16. The van der Waals surface area contributed by atoms with E-state index in [0.717, 1.165) is 12.8 Å². The van der Waals surface area contributed by atoms with Gasteiger partial charge in [0, 0.05) is 29.9 Å². The maximum absolute atomic E-state index is 12.3. The maximum Gasteiger partial charge on any atom is 0.321 e. The summed E-state index contributed by atoms with van der Waals surface area (Å²) in [5.41, 5.74) is 6.45. The third-order valence-electron chi connectivity index (χ3n) is 5.13. The molecule has 7 nitrogen and oxygen atoms in total. The molecule has 2 heterocycles. The number of carbonyl (C=O) groups is 2. The topological polar surface area (TPSA) is 96.7 Å². The molecule has 2 saturated heterocycles. The number of anilines is 1. The molecule has 8 heteroatoms. The lowest BCUT2D eigenvalue weighted by atomic mass is 9.98. The van der Waals surface area contributed by atoms with Crippen LogP contribution in [-0.4, -0.2) is 49.1 Å². The Kier molecular flexibility index (Phi) is 6.13. The number of nitrogens with two attached hydrogens (primary N) is 1. The highest BCUT2D eigenvalue weighted by Gasteiger charge is 2.38. The molecular formula is C17H25ClN4O3. The first-order valence-corrected chi connectivity index (χ1v) is 8.25. The van der Waals surface area contributed by atoms with Crippen molar-refractivity contribution in [3.8, 4) is 5.75 Å². The number of nitrogen functional groups attached to an aromatic ring is 1. The standard InChI is InChI=1S/C17H24N4O3.ClH/c1-21-12-4-5-13(21)9-11(8-12)19-17(23)20-16(22)14-6-3-10(18)7-15(14)24-2;/h3,6-7,11-13H,4-5,8-9,18H2,1-2H3,(H2,19,20,22,23);1H. The molecule has 25 heavy (non-hydrogen) atoms. The number of imide groups is 1. The number of piperidine rings is 1. The van der Waals surface area contributed by atoms with Gasteiger partial charge in [0.15, 0.2) is 0 Å². The van der Waals surface area contributed by atoms with Gasteiger partial charge in [-0.05, 0) is 44.9 Å². The number of nitrogens with one attached hydrogen (secondary N) is 2. The summed E-state index contributed by atoms with van der Waals surface area (Å²) in [4.78, 5) is 26.8. The molecule has 2 unspecified atom stereocenters. The highest BCUT2D eigenvalue weighted by molar-refractivity contribution is 6.06. The van der Waals surface area contributed by atoms with Crippen molar-refractivity contribution >= 4 is 30.0 Å². The van der Waals surface area contributed by atoms with Gasteiger partial charge in [-0.15, -0.1) is 12.4 Å². The second-order valence-corrected chi connectivity index (χ2v) is 6.61. The highest BCUT2D eigenvalue weighted by atomic mass is 35.5. The number of hydrogen-bond acceptors (Lipinski definition) is 5. The number of ether oxygens (including phenoxy) is 1. The van der Waals surface area contributed by atoms with Crippen LogP contribution in [0.4, 0.5) is 10.5 Å². The van der Waals surface area contributed by atoms with Gasteiger partial charge < -0.3 is 20.7 Å². The van der Waals surface area contributed by atoms with E-state index in [9.17, 15) is 9.59 Å². The van der Waals surface area contributed by atoms with Crippen LogP contribution >= 0.6 is 12.4 Å². The van der Waals surface area contributed by atoms with Crippen molar-refractivity contribution in [1.29, 1.82) is 0 Å². The van der Waals surface area contributed by atoms with Crippen LogP contribution in [0.2, 0.25) is 0 Å². The first kappa shape index (κ1) is 19.3. The fourth-order valence-corrected chi connectivity index (χ4v) is 3.82. The summed E-state index contributed by atoms with van der Waals surface area (Å²) in [6.07, 6.45) is 4.23. The number of nitrogens with zero attached hydrogens (tertiary/aromatic N) is 1. The number of rotatable bonds is 3. The molecule has 3 amide bonds. The zero-order valence-electron chi connectivity index (χ0n) is 14.5. The Morgan fingerprint density at radius 3 is 2.48 bits per heavy atom. The van der Waals surface area contributed by atoms with E-state index in [4.69, 9.17) is 10.5 Å². The van der Waals surface area contributed by atoms with Crippen LogP contribution in [0.25, 0.3) is 0 Å². The highest BCUT2D eigenvalue weighted by Crippen LogP contribution is 2.34. The van der Waals surface area contributed by atoms with Crippen LogP contribution in [0.1, 0.15) is 36.0 Å². The van der Waals surface area contributed by atoms with Gasteiger partial charge >= 0.3 is 6.03 Å². The SMILES string of the molecule is COc1cc(N)ccc1C(=O)NC(=O)NC1CC2CCC(C1)N2C.Cl. The minimum atomic E-state index is -0.500. The Hall–Kier alpha value is -1.99. The van der Waals surface area contributed by atoms with Crippen LogP contribution in [0, 0.1) is 0 Å². The van der Waals surface area contributed by atoms with Crippen molar-refractivity contribution in [3.05, 3.63) is 23.8 Å².